The van der Waals surface area contributed by atoms with E-state index in [0.29, 0.717) is 0 Å². The molecule has 1 amide bonds. The molecule has 1 aliphatic heterocycles. The van der Waals surface area contributed by atoms with Crippen LogP contribution in [0.15, 0.2) is 0 Å². The highest BCUT2D eigenvalue weighted by Crippen LogP contribution is 2.19. The second kappa shape index (κ2) is 5.20. The molecule has 1 rings (SSSR count). The predicted molar refractivity (Wildman–Crippen MR) is 60.4 cm³/mol. The van der Waals surface area contributed by atoms with E-state index in [1.54, 1.807) is 20.8 Å². The monoisotopic (exact) mass is 247 g/mol. The Morgan fingerprint density at radius 1 is 1.35 bits per heavy atom. The van der Waals surface area contributed by atoms with Crippen LogP contribution in [0.1, 0.15) is 20.8 Å². The van der Waals surface area contributed by atoms with Crippen molar-refractivity contribution < 1.29 is 24.9 Å². The maximum Gasteiger partial charge on any atom is 0.410 e. The molecule has 1 saturated heterocycles. The van der Waals surface area contributed by atoms with Crippen molar-refractivity contribution in [1.29, 1.82) is 0 Å². The number of hydrogen-bond donors (Lipinski definition) is 3. The number of β-amino-alcohol motifs (C(OH)–C–C–N with tert-alkyl or cyclic N) is 1. The number of aliphatic hydroxyl groups excluding tert-OH is 3. The molecule has 0 spiro atoms. The molecule has 6 nitrogen and oxygen atoms in total. The molecule has 100 valence electrons. The second-order valence-corrected chi connectivity index (χ2v) is 5.39. The van der Waals surface area contributed by atoms with Gasteiger partial charge in [0.25, 0.3) is 0 Å². The summed E-state index contributed by atoms with van der Waals surface area (Å²) >= 11 is 0. The highest BCUT2D eigenvalue weighted by Gasteiger charge is 2.37. The van der Waals surface area contributed by atoms with Gasteiger partial charge in [0.2, 0.25) is 0 Å². The number of piperidine rings is 1. The van der Waals surface area contributed by atoms with Gasteiger partial charge in [-0.3, -0.25) is 0 Å². The van der Waals surface area contributed by atoms with Crippen LogP contribution in [0.5, 0.6) is 0 Å². The molecule has 0 saturated carbocycles. The van der Waals surface area contributed by atoms with Crippen LogP contribution in [-0.4, -0.2) is 63.8 Å². The van der Waals surface area contributed by atoms with Crippen molar-refractivity contribution in [2.24, 2.45) is 5.92 Å². The minimum Gasteiger partial charge on any atom is -0.444 e. The number of ether oxygens (including phenoxy) is 1. The van der Waals surface area contributed by atoms with Crippen molar-refractivity contribution in [3.8, 4) is 0 Å². The van der Waals surface area contributed by atoms with Gasteiger partial charge in [0, 0.05) is 12.5 Å². The lowest BCUT2D eigenvalue weighted by Crippen LogP contribution is -2.55. The number of carbonyl (C=O) groups is 1. The summed E-state index contributed by atoms with van der Waals surface area (Å²) in [5.41, 5.74) is -0.604. The summed E-state index contributed by atoms with van der Waals surface area (Å²) in [7, 11) is 0. The van der Waals surface area contributed by atoms with Crippen molar-refractivity contribution in [3.63, 3.8) is 0 Å². The summed E-state index contributed by atoms with van der Waals surface area (Å²) in [5, 5.41) is 28.2. The molecule has 0 bridgehead atoms. The Morgan fingerprint density at radius 3 is 2.41 bits per heavy atom. The Morgan fingerprint density at radius 2 is 1.94 bits per heavy atom. The number of aliphatic hydroxyl groups is 3. The topological polar surface area (TPSA) is 90.2 Å². The summed E-state index contributed by atoms with van der Waals surface area (Å²) < 4.78 is 5.17. The molecular weight excluding hydrogens is 226 g/mol. The molecule has 0 aromatic heterocycles. The molecule has 3 atom stereocenters. The number of amides is 1. The SMILES string of the molecule is CC(C)(C)OC(=O)N1C[C@H](CO)[C@H](O)[C@H](O)C1. The van der Waals surface area contributed by atoms with E-state index >= 15 is 0 Å². The number of nitrogens with zero attached hydrogens (tertiary/aromatic N) is 1. The third-order valence-corrected chi connectivity index (χ3v) is 2.63. The molecule has 0 aromatic rings. The third-order valence-electron chi connectivity index (χ3n) is 2.63. The Balaban J connectivity index is 2.63. The molecule has 0 aliphatic carbocycles. The van der Waals surface area contributed by atoms with E-state index in [1.807, 2.05) is 0 Å². The number of carbonyl (C=O) groups excluding carboxylic acids is 1. The molecule has 17 heavy (non-hydrogen) atoms. The fourth-order valence-corrected chi connectivity index (χ4v) is 1.75. The zero-order valence-electron chi connectivity index (χ0n) is 10.5. The highest BCUT2D eigenvalue weighted by molar-refractivity contribution is 5.68. The second-order valence-electron chi connectivity index (χ2n) is 5.39. The van der Waals surface area contributed by atoms with Gasteiger partial charge in [-0.15, -0.1) is 0 Å². The van der Waals surface area contributed by atoms with E-state index in [4.69, 9.17) is 9.84 Å². The van der Waals surface area contributed by atoms with Crippen LogP contribution in [0.4, 0.5) is 4.79 Å². The molecule has 1 heterocycles. The summed E-state index contributed by atoms with van der Waals surface area (Å²) in [6.07, 6.45) is -2.59. The molecule has 1 aliphatic rings. The smallest absolute Gasteiger partial charge is 0.410 e. The van der Waals surface area contributed by atoms with Crippen molar-refractivity contribution in [1.82, 2.24) is 4.90 Å². The van der Waals surface area contributed by atoms with Gasteiger partial charge in [0.15, 0.2) is 0 Å². The van der Waals surface area contributed by atoms with Crippen LogP contribution < -0.4 is 0 Å². The van der Waals surface area contributed by atoms with Gasteiger partial charge in [0.05, 0.1) is 25.4 Å². The molecule has 0 unspecified atom stereocenters. The van der Waals surface area contributed by atoms with Gasteiger partial charge < -0.3 is 25.0 Å². The normalized spacial score (nSPS) is 30.2. The maximum absolute atomic E-state index is 11.8. The molecule has 1 fully saturated rings. The Bertz CT molecular complexity index is 276. The van der Waals surface area contributed by atoms with Gasteiger partial charge in [-0.25, -0.2) is 4.79 Å². The van der Waals surface area contributed by atoms with Crippen LogP contribution in [0, 0.1) is 5.92 Å². The lowest BCUT2D eigenvalue weighted by atomic mass is 9.93. The Kier molecular flexibility index (Phi) is 4.35. The number of likely N-dealkylation sites (tertiary alicyclic amines) is 1. The van der Waals surface area contributed by atoms with Crippen LogP contribution in [-0.2, 0) is 4.74 Å². The summed E-state index contributed by atoms with van der Waals surface area (Å²) in [6, 6.07) is 0. The van der Waals surface area contributed by atoms with Crippen molar-refractivity contribution >= 4 is 6.09 Å². The maximum atomic E-state index is 11.8. The molecule has 3 N–H and O–H groups in total. The quantitative estimate of drug-likeness (QED) is 0.585. The fourth-order valence-electron chi connectivity index (χ4n) is 1.75. The van der Waals surface area contributed by atoms with Crippen LogP contribution >= 0.6 is 0 Å². The molecule has 0 aromatic carbocycles. The van der Waals surface area contributed by atoms with Crippen molar-refractivity contribution in [2.45, 2.75) is 38.6 Å². The number of hydrogen-bond acceptors (Lipinski definition) is 5. The summed E-state index contributed by atoms with van der Waals surface area (Å²) in [5.74, 6) is -0.536. The zero-order chi connectivity index (χ0) is 13.2. The van der Waals surface area contributed by atoms with E-state index in [2.05, 4.69) is 0 Å². The van der Waals surface area contributed by atoms with E-state index < -0.39 is 29.8 Å². The van der Waals surface area contributed by atoms with Gasteiger partial charge in [-0.1, -0.05) is 0 Å². The van der Waals surface area contributed by atoms with Gasteiger partial charge >= 0.3 is 6.09 Å². The standard InChI is InChI=1S/C11H21NO5/c1-11(2,3)17-10(16)12-4-7(6-13)9(15)8(14)5-12/h7-9,13-15H,4-6H2,1-3H3/t7-,8-,9+/m1/s1. The zero-order valence-corrected chi connectivity index (χ0v) is 10.5. The summed E-state index contributed by atoms with van der Waals surface area (Å²) in [6.45, 7) is 5.19. The van der Waals surface area contributed by atoms with Crippen molar-refractivity contribution in [3.05, 3.63) is 0 Å². The summed E-state index contributed by atoms with van der Waals surface area (Å²) in [4.78, 5) is 13.1. The van der Waals surface area contributed by atoms with E-state index in [0.717, 1.165) is 0 Å². The van der Waals surface area contributed by atoms with E-state index in [-0.39, 0.29) is 19.7 Å². The first-order valence-electron chi connectivity index (χ1n) is 5.69. The fraction of sp³-hybridized carbons (Fsp3) is 0.909. The average Bonchev–Trinajstić information content (AvgIpc) is 2.19. The van der Waals surface area contributed by atoms with Gasteiger partial charge in [-0.2, -0.15) is 0 Å². The lowest BCUT2D eigenvalue weighted by Gasteiger charge is -2.38. The highest BCUT2D eigenvalue weighted by atomic mass is 16.6. The van der Waals surface area contributed by atoms with Crippen LogP contribution in [0.2, 0.25) is 0 Å². The first-order valence-corrected chi connectivity index (χ1v) is 5.69. The van der Waals surface area contributed by atoms with E-state index in [1.165, 1.54) is 4.90 Å². The largest absolute Gasteiger partial charge is 0.444 e. The third kappa shape index (κ3) is 3.83. The first kappa shape index (κ1) is 14.2. The van der Waals surface area contributed by atoms with Gasteiger partial charge in [-0.05, 0) is 20.8 Å². The van der Waals surface area contributed by atoms with Crippen molar-refractivity contribution in [2.75, 3.05) is 19.7 Å². The molecule has 6 heteroatoms. The number of rotatable bonds is 1. The predicted octanol–water partition coefficient (Wildman–Crippen LogP) is -0.433. The minimum absolute atomic E-state index is 0.0204. The Hall–Kier alpha value is -0.850. The molecule has 0 radical (unpaired) electrons. The van der Waals surface area contributed by atoms with Gasteiger partial charge in [0.1, 0.15) is 5.60 Å². The van der Waals surface area contributed by atoms with Crippen LogP contribution in [0.25, 0.3) is 0 Å². The lowest BCUT2D eigenvalue weighted by molar-refractivity contribution is -0.0871. The minimum atomic E-state index is -1.05. The average molecular weight is 247 g/mol. The first-order chi connectivity index (χ1) is 7.74. The Labute approximate surface area is 101 Å². The van der Waals surface area contributed by atoms with E-state index in [9.17, 15) is 15.0 Å². The van der Waals surface area contributed by atoms with Crippen LogP contribution in [0.3, 0.4) is 0 Å². The molecular formula is C11H21NO5.